The van der Waals surface area contributed by atoms with E-state index < -0.39 is 0 Å². The van der Waals surface area contributed by atoms with Crippen LogP contribution in [0, 0.1) is 5.92 Å². The molecule has 0 unspecified atom stereocenters. The molecule has 0 aliphatic rings. The average Bonchev–Trinajstić information content (AvgIpc) is 2.51. The third kappa shape index (κ3) is 6.43. The molecule has 2 rings (SSSR count). The zero-order valence-electron chi connectivity index (χ0n) is 13.4. The Morgan fingerprint density at radius 2 is 1.61 bits per heavy atom. The third-order valence-corrected chi connectivity index (χ3v) is 4.35. The Morgan fingerprint density at radius 3 is 2.13 bits per heavy atom. The molecule has 0 saturated carbocycles. The number of aliphatic hydroxyl groups is 1. The summed E-state index contributed by atoms with van der Waals surface area (Å²) < 4.78 is 7.96. The summed E-state index contributed by atoms with van der Waals surface area (Å²) >= 11 is 7.52. The molecular weight excluding hydrogens is 330 g/mol. The van der Waals surface area contributed by atoms with E-state index in [9.17, 15) is 5.11 Å². The first kappa shape index (κ1) is 18.1. The first-order chi connectivity index (χ1) is 11.1. The molecule has 2 aromatic carbocycles. The molecule has 1 N–H and O–H groups in total. The van der Waals surface area contributed by atoms with Gasteiger partial charge in [-0.25, -0.2) is 4.31 Å². The van der Waals surface area contributed by atoms with Crippen molar-refractivity contribution in [2.24, 2.45) is 5.92 Å². The smallest absolute Gasteiger partial charge is 0.127 e. The van der Waals surface area contributed by atoms with Gasteiger partial charge in [-0.3, -0.25) is 0 Å². The quantitative estimate of drug-likeness (QED) is 0.671. The second kappa shape index (κ2) is 9.18. The molecule has 0 heterocycles. The fourth-order valence-corrected chi connectivity index (χ4v) is 3.28. The highest BCUT2D eigenvalue weighted by Crippen LogP contribution is 2.28. The van der Waals surface area contributed by atoms with Crippen LogP contribution in [-0.4, -0.2) is 29.1 Å². The summed E-state index contributed by atoms with van der Waals surface area (Å²) in [5, 5.41) is 9.86. The summed E-state index contributed by atoms with van der Waals surface area (Å²) in [6.07, 6.45) is 0. The zero-order valence-corrected chi connectivity index (χ0v) is 15.0. The molecule has 0 atom stereocenters. The second-order valence-corrected chi connectivity index (χ2v) is 7.23. The van der Waals surface area contributed by atoms with Gasteiger partial charge in [-0.05, 0) is 66.4 Å². The van der Waals surface area contributed by atoms with Crippen LogP contribution in [0.2, 0.25) is 5.02 Å². The van der Waals surface area contributed by atoms with Crippen molar-refractivity contribution >= 4 is 23.5 Å². The lowest BCUT2D eigenvalue weighted by Gasteiger charge is -2.22. The van der Waals surface area contributed by atoms with Crippen molar-refractivity contribution in [1.82, 2.24) is 4.31 Å². The lowest BCUT2D eigenvalue weighted by molar-refractivity contribution is 0.254. The summed E-state index contributed by atoms with van der Waals surface area (Å²) in [5.41, 5.74) is 0. The Balaban J connectivity index is 1.96. The summed E-state index contributed by atoms with van der Waals surface area (Å²) in [7, 11) is 0. The van der Waals surface area contributed by atoms with Crippen molar-refractivity contribution in [3.8, 4) is 11.5 Å². The third-order valence-electron chi connectivity index (χ3n) is 3.03. The van der Waals surface area contributed by atoms with Crippen LogP contribution >= 0.6 is 23.5 Å². The number of halogens is 1. The van der Waals surface area contributed by atoms with E-state index in [-0.39, 0.29) is 6.61 Å². The Bertz CT molecular complexity index is 587. The van der Waals surface area contributed by atoms with Crippen molar-refractivity contribution in [1.29, 1.82) is 0 Å². The highest BCUT2D eigenvalue weighted by atomic mass is 35.5. The summed E-state index contributed by atoms with van der Waals surface area (Å²) in [5.74, 6) is 2.10. The summed E-state index contributed by atoms with van der Waals surface area (Å²) in [6.45, 7) is 6.11. The van der Waals surface area contributed by atoms with E-state index >= 15 is 0 Å². The molecule has 0 spiro atoms. The Morgan fingerprint density at radius 1 is 1.04 bits per heavy atom. The molecule has 0 aromatic heterocycles. The molecule has 124 valence electrons. The molecule has 0 aliphatic carbocycles. The molecule has 0 saturated heterocycles. The number of ether oxygens (including phenoxy) is 1. The molecule has 0 aliphatic heterocycles. The standard InChI is InChI=1S/C18H22ClNO2S/c1-14(2)13-20(11-12-21)23-18-9-7-17(8-10-18)22-16-5-3-15(19)4-6-16/h3-10,14,21H,11-13H2,1-2H3. The van der Waals surface area contributed by atoms with E-state index in [1.165, 1.54) is 0 Å². The van der Waals surface area contributed by atoms with Crippen LogP contribution < -0.4 is 4.74 Å². The van der Waals surface area contributed by atoms with Gasteiger partial charge in [0.05, 0.1) is 6.61 Å². The van der Waals surface area contributed by atoms with E-state index in [0.29, 0.717) is 17.5 Å². The zero-order chi connectivity index (χ0) is 16.7. The van der Waals surface area contributed by atoms with E-state index in [1.54, 1.807) is 24.1 Å². The lowest BCUT2D eigenvalue weighted by atomic mass is 10.2. The van der Waals surface area contributed by atoms with Gasteiger partial charge in [0.15, 0.2) is 0 Å². The second-order valence-electron chi connectivity index (χ2n) is 5.62. The van der Waals surface area contributed by atoms with E-state index in [0.717, 1.165) is 22.9 Å². The first-order valence-corrected chi connectivity index (χ1v) is 8.79. The normalized spacial score (nSPS) is 11.2. The number of benzene rings is 2. The molecule has 0 amide bonds. The van der Waals surface area contributed by atoms with Crippen LogP contribution in [0.1, 0.15) is 13.8 Å². The fourth-order valence-electron chi connectivity index (χ4n) is 2.05. The Labute approximate surface area is 147 Å². The van der Waals surface area contributed by atoms with Crippen LogP contribution in [-0.2, 0) is 0 Å². The van der Waals surface area contributed by atoms with Gasteiger partial charge < -0.3 is 9.84 Å². The highest BCUT2D eigenvalue weighted by Gasteiger charge is 2.09. The molecule has 0 bridgehead atoms. The Kier molecular flexibility index (Phi) is 7.24. The van der Waals surface area contributed by atoms with Crippen molar-refractivity contribution < 1.29 is 9.84 Å². The predicted molar refractivity (Wildman–Crippen MR) is 97.3 cm³/mol. The largest absolute Gasteiger partial charge is 0.457 e. The molecule has 0 fully saturated rings. The fraction of sp³-hybridized carbons (Fsp3) is 0.333. The molecule has 5 heteroatoms. The van der Waals surface area contributed by atoms with E-state index in [1.807, 2.05) is 36.4 Å². The van der Waals surface area contributed by atoms with Gasteiger partial charge in [-0.15, -0.1) is 0 Å². The molecular formula is C18H22ClNO2S. The minimum atomic E-state index is 0.164. The van der Waals surface area contributed by atoms with Crippen molar-refractivity contribution in [2.75, 3.05) is 19.7 Å². The molecule has 3 nitrogen and oxygen atoms in total. The number of hydrogen-bond donors (Lipinski definition) is 1. The predicted octanol–water partition coefficient (Wildman–Crippen LogP) is 5.09. The van der Waals surface area contributed by atoms with Crippen LogP contribution in [0.15, 0.2) is 53.4 Å². The topological polar surface area (TPSA) is 32.7 Å². The van der Waals surface area contributed by atoms with Gasteiger partial charge in [0.2, 0.25) is 0 Å². The number of rotatable bonds is 8. The minimum absolute atomic E-state index is 0.164. The monoisotopic (exact) mass is 351 g/mol. The van der Waals surface area contributed by atoms with Crippen LogP contribution in [0.3, 0.4) is 0 Å². The van der Waals surface area contributed by atoms with Gasteiger partial charge in [0.1, 0.15) is 11.5 Å². The van der Waals surface area contributed by atoms with Gasteiger partial charge >= 0.3 is 0 Å². The number of hydrogen-bond acceptors (Lipinski definition) is 4. The number of aliphatic hydroxyl groups excluding tert-OH is 1. The van der Waals surface area contributed by atoms with Crippen LogP contribution in [0.25, 0.3) is 0 Å². The van der Waals surface area contributed by atoms with Crippen LogP contribution in [0.5, 0.6) is 11.5 Å². The van der Waals surface area contributed by atoms with E-state index in [4.69, 9.17) is 16.3 Å². The lowest BCUT2D eigenvalue weighted by Crippen LogP contribution is -2.24. The maximum Gasteiger partial charge on any atom is 0.127 e. The SMILES string of the molecule is CC(C)CN(CCO)Sc1ccc(Oc2ccc(Cl)cc2)cc1. The minimum Gasteiger partial charge on any atom is -0.457 e. The van der Waals surface area contributed by atoms with Gasteiger partial charge in [0, 0.05) is 23.0 Å². The summed E-state index contributed by atoms with van der Waals surface area (Å²) in [4.78, 5) is 1.13. The van der Waals surface area contributed by atoms with Crippen molar-refractivity contribution in [2.45, 2.75) is 18.7 Å². The summed E-state index contributed by atoms with van der Waals surface area (Å²) in [6, 6.07) is 15.3. The maximum absolute atomic E-state index is 9.17. The maximum atomic E-state index is 9.17. The Hall–Kier alpha value is -1.20. The van der Waals surface area contributed by atoms with Crippen molar-refractivity contribution in [3.63, 3.8) is 0 Å². The first-order valence-electron chi connectivity index (χ1n) is 7.64. The van der Waals surface area contributed by atoms with Gasteiger partial charge in [-0.2, -0.15) is 0 Å². The molecule has 0 radical (unpaired) electrons. The van der Waals surface area contributed by atoms with Gasteiger partial charge in [-0.1, -0.05) is 25.4 Å². The van der Waals surface area contributed by atoms with Gasteiger partial charge in [0.25, 0.3) is 0 Å². The molecule has 23 heavy (non-hydrogen) atoms. The molecule has 2 aromatic rings. The van der Waals surface area contributed by atoms with Crippen LogP contribution in [0.4, 0.5) is 0 Å². The average molecular weight is 352 g/mol. The highest BCUT2D eigenvalue weighted by molar-refractivity contribution is 7.97. The number of nitrogens with zero attached hydrogens (tertiary/aromatic N) is 1. The van der Waals surface area contributed by atoms with E-state index in [2.05, 4.69) is 18.2 Å². The van der Waals surface area contributed by atoms with Crippen molar-refractivity contribution in [3.05, 3.63) is 53.6 Å².